The summed E-state index contributed by atoms with van der Waals surface area (Å²) in [6, 6.07) is 5.42. The topological polar surface area (TPSA) is 54.5 Å². The fourth-order valence-electron chi connectivity index (χ4n) is 2.79. The monoisotopic (exact) mass is 277 g/mol. The summed E-state index contributed by atoms with van der Waals surface area (Å²) < 4.78 is 6.00. The molecular formula is C15H23N3O2. The molecule has 0 saturated carbocycles. The van der Waals surface area contributed by atoms with Crippen LogP contribution >= 0.6 is 0 Å². The first kappa shape index (κ1) is 14.8. The number of carbonyl (C=O) groups excluding carboxylic acids is 1. The number of morpholine rings is 1. The maximum absolute atomic E-state index is 12.6. The van der Waals surface area contributed by atoms with E-state index in [1.165, 1.54) is 0 Å². The van der Waals surface area contributed by atoms with Crippen LogP contribution in [0.15, 0.2) is 18.2 Å². The molecule has 1 fully saturated rings. The minimum absolute atomic E-state index is 0.0495. The molecule has 0 aromatic carbocycles. The van der Waals surface area contributed by atoms with Crippen molar-refractivity contribution in [2.75, 3.05) is 25.5 Å². The molecule has 2 heterocycles. The van der Waals surface area contributed by atoms with E-state index in [0.717, 1.165) is 0 Å². The van der Waals surface area contributed by atoms with Gasteiger partial charge in [-0.15, -0.1) is 0 Å². The second-order valence-electron chi connectivity index (χ2n) is 6.44. The maximum atomic E-state index is 12.6. The molecule has 20 heavy (non-hydrogen) atoms. The van der Waals surface area contributed by atoms with Crippen molar-refractivity contribution in [2.45, 2.75) is 38.9 Å². The van der Waals surface area contributed by atoms with E-state index in [-0.39, 0.29) is 17.1 Å². The predicted octanol–water partition coefficient (Wildman–Crippen LogP) is 2.15. The van der Waals surface area contributed by atoms with Gasteiger partial charge in [-0.1, -0.05) is 6.07 Å². The zero-order chi connectivity index (χ0) is 15.0. The van der Waals surface area contributed by atoms with E-state index in [2.05, 4.69) is 10.3 Å². The summed E-state index contributed by atoms with van der Waals surface area (Å²) in [5.41, 5.74) is -0.235. The highest BCUT2D eigenvalue weighted by Crippen LogP contribution is 2.28. The predicted molar refractivity (Wildman–Crippen MR) is 78.9 cm³/mol. The number of aromatic nitrogens is 1. The summed E-state index contributed by atoms with van der Waals surface area (Å²) >= 11 is 0. The number of hydrogen-bond acceptors (Lipinski definition) is 4. The third-order valence-corrected chi connectivity index (χ3v) is 3.21. The van der Waals surface area contributed by atoms with Crippen molar-refractivity contribution >= 4 is 11.7 Å². The van der Waals surface area contributed by atoms with Crippen LogP contribution in [0.1, 0.15) is 38.2 Å². The summed E-state index contributed by atoms with van der Waals surface area (Å²) in [4.78, 5) is 18.8. The number of hydrogen-bond donors (Lipinski definition) is 1. The molecule has 0 spiro atoms. The van der Waals surface area contributed by atoms with E-state index in [0.29, 0.717) is 24.6 Å². The number of anilines is 1. The molecule has 5 heteroatoms. The number of nitrogens with one attached hydrogen (secondary N) is 1. The Morgan fingerprint density at radius 3 is 2.40 bits per heavy atom. The smallest absolute Gasteiger partial charge is 0.272 e. The van der Waals surface area contributed by atoms with Crippen LogP contribution in [0.3, 0.4) is 0 Å². The van der Waals surface area contributed by atoms with Gasteiger partial charge in [-0.2, -0.15) is 0 Å². The molecule has 0 unspecified atom stereocenters. The Morgan fingerprint density at radius 1 is 1.25 bits per heavy atom. The average molecular weight is 277 g/mol. The average Bonchev–Trinajstić information content (AvgIpc) is 2.34. The highest BCUT2D eigenvalue weighted by molar-refractivity contribution is 5.92. The van der Waals surface area contributed by atoms with E-state index in [1.54, 1.807) is 13.1 Å². The fraction of sp³-hybridized carbons (Fsp3) is 0.600. The molecule has 0 aliphatic carbocycles. The van der Waals surface area contributed by atoms with Crippen molar-refractivity contribution in [3.63, 3.8) is 0 Å². The van der Waals surface area contributed by atoms with Crippen molar-refractivity contribution in [3.05, 3.63) is 23.9 Å². The molecule has 1 aromatic heterocycles. The van der Waals surface area contributed by atoms with Crippen LogP contribution in [0.5, 0.6) is 0 Å². The molecule has 5 nitrogen and oxygen atoms in total. The molecular weight excluding hydrogens is 254 g/mol. The van der Waals surface area contributed by atoms with Gasteiger partial charge in [-0.25, -0.2) is 4.98 Å². The first-order chi connectivity index (χ1) is 9.22. The molecule has 0 radical (unpaired) electrons. The summed E-state index contributed by atoms with van der Waals surface area (Å²) in [5, 5.41) is 2.95. The van der Waals surface area contributed by atoms with Crippen molar-refractivity contribution in [2.24, 2.45) is 0 Å². The Morgan fingerprint density at radius 2 is 1.85 bits per heavy atom. The zero-order valence-corrected chi connectivity index (χ0v) is 12.9. The molecule has 1 aliphatic heterocycles. The number of amides is 1. The van der Waals surface area contributed by atoms with Crippen LogP contribution in [0.2, 0.25) is 0 Å². The Balaban J connectivity index is 2.23. The van der Waals surface area contributed by atoms with Crippen LogP contribution in [0.4, 0.5) is 5.82 Å². The number of carbonyl (C=O) groups is 1. The molecule has 2 rings (SSSR count). The molecule has 1 N–H and O–H groups in total. The lowest BCUT2D eigenvalue weighted by Gasteiger charge is -2.47. The van der Waals surface area contributed by atoms with Gasteiger partial charge < -0.3 is 15.0 Å². The van der Waals surface area contributed by atoms with Gasteiger partial charge >= 0.3 is 0 Å². The third kappa shape index (κ3) is 3.28. The lowest BCUT2D eigenvalue weighted by molar-refractivity contribution is -0.171. The van der Waals surface area contributed by atoms with Crippen molar-refractivity contribution in [1.82, 2.24) is 9.88 Å². The highest BCUT2D eigenvalue weighted by Gasteiger charge is 2.40. The maximum Gasteiger partial charge on any atom is 0.272 e. The summed E-state index contributed by atoms with van der Waals surface area (Å²) in [6.07, 6.45) is 0. The van der Waals surface area contributed by atoms with E-state index >= 15 is 0 Å². The molecule has 0 atom stereocenters. The van der Waals surface area contributed by atoms with E-state index in [4.69, 9.17) is 4.74 Å². The molecule has 1 aliphatic rings. The van der Waals surface area contributed by atoms with Gasteiger partial charge in [0.1, 0.15) is 11.5 Å². The lowest BCUT2D eigenvalue weighted by Crippen LogP contribution is -2.58. The Hall–Kier alpha value is -1.62. The number of pyridine rings is 1. The van der Waals surface area contributed by atoms with Crippen LogP contribution in [-0.4, -0.2) is 47.1 Å². The van der Waals surface area contributed by atoms with E-state index in [1.807, 2.05) is 44.7 Å². The largest absolute Gasteiger partial charge is 0.373 e. The standard InChI is InChI=1S/C15H23N3O2/c1-14(2)9-18(10-15(3,4)20-14)13(19)11-7-6-8-12(16-5)17-11/h6-8H,9-10H2,1-5H3,(H,16,17). The summed E-state index contributed by atoms with van der Waals surface area (Å²) in [6.45, 7) is 9.16. The molecule has 0 bridgehead atoms. The van der Waals surface area contributed by atoms with Crippen LogP contribution < -0.4 is 5.32 Å². The van der Waals surface area contributed by atoms with Gasteiger partial charge in [0.2, 0.25) is 0 Å². The third-order valence-electron chi connectivity index (χ3n) is 3.21. The van der Waals surface area contributed by atoms with Gasteiger partial charge in [-0.05, 0) is 39.8 Å². The Kier molecular flexibility index (Phi) is 3.73. The SMILES string of the molecule is CNc1cccc(C(=O)N2CC(C)(C)OC(C)(C)C2)n1. The normalized spacial score (nSPS) is 20.6. The lowest BCUT2D eigenvalue weighted by atomic mass is 9.98. The number of rotatable bonds is 2. The van der Waals surface area contributed by atoms with Crippen molar-refractivity contribution < 1.29 is 9.53 Å². The van der Waals surface area contributed by atoms with E-state index in [9.17, 15) is 4.79 Å². The first-order valence-electron chi connectivity index (χ1n) is 6.87. The van der Waals surface area contributed by atoms with Crippen molar-refractivity contribution in [1.29, 1.82) is 0 Å². The molecule has 1 saturated heterocycles. The van der Waals surface area contributed by atoms with Gasteiger partial charge in [0.25, 0.3) is 5.91 Å². The molecule has 1 amide bonds. The van der Waals surface area contributed by atoms with E-state index < -0.39 is 0 Å². The number of ether oxygens (including phenoxy) is 1. The van der Waals surface area contributed by atoms with Gasteiger partial charge in [0, 0.05) is 20.1 Å². The summed E-state index contributed by atoms with van der Waals surface area (Å²) in [5.74, 6) is 0.647. The van der Waals surface area contributed by atoms with Gasteiger partial charge in [0.05, 0.1) is 11.2 Å². The molecule has 1 aromatic rings. The molecule has 110 valence electrons. The highest BCUT2D eigenvalue weighted by atomic mass is 16.5. The van der Waals surface area contributed by atoms with Crippen LogP contribution in [-0.2, 0) is 4.74 Å². The number of nitrogens with zero attached hydrogens (tertiary/aromatic N) is 2. The van der Waals surface area contributed by atoms with Gasteiger partial charge in [-0.3, -0.25) is 4.79 Å². The summed E-state index contributed by atoms with van der Waals surface area (Å²) in [7, 11) is 1.79. The first-order valence-corrected chi connectivity index (χ1v) is 6.87. The second kappa shape index (κ2) is 5.05. The Bertz CT molecular complexity index is 496. The quantitative estimate of drug-likeness (QED) is 0.900. The minimum atomic E-state index is -0.349. The van der Waals surface area contributed by atoms with Crippen molar-refractivity contribution in [3.8, 4) is 0 Å². The van der Waals surface area contributed by atoms with Crippen LogP contribution in [0, 0.1) is 0 Å². The minimum Gasteiger partial charge on any atom is -0.373 e. The second-order valence-corrected chi connectivity index (χ2v) is 6.44. The fourth-order valence-corrected chi connectivity index (χ4v) is 2.79. The Labute approximate surface area is 120 Å². The zero-order valence-electron chi connectivity index (χ0n) is 12.9. The van der Waals surface area contributed by atoms with Crippen LogP contribution in [0.25, 0.3) is 0 Å². The van der Waals surface area contributed by atoms with Gasteiger partial charge in [0.15, 0.2) is 0 Å².